The van der Waals surface area contributed by atoms with Gasteiger partial charge in [-0.15, -0.1) is 0 Å². The first-order valence-electron chi connectivity index (χ1n) is 32.1. The van der Waals surface area contributed by atoms with Crippen molar-refractivity contribution in [2.45, 2.75) is 264 Å². The van der Waals surface area contributed by atoms with Gasteiger partial charge < -0.3 is 14.2 Å². The van der Waals surface area contributed by atoms with Crippen molar-refractivity contribution < 1.29 is 28.6 Å². The molecule has 0 aromatic carbocycles. The first kappa shape index (κ1) is 74.8. The van der Waals surface area contributed by atoms with Crippen LogP contribution in [0.15, 0.2) is 170 Å². The molecule has 1 unspecified atom stereocenters. The molecule has 0 fully saturated rings. The molecule has 6 heteroatoms. The zero-order valence-electron chi connectivity index (χ0n) is 51.3. The van der Waals surface area contributed by atoms with Crippen molar-refractivity contribution >= 4 is 17.9 Å². The van der Waals surface area contributed by atoms with E-state index in [4.69, 9.17) is 14.2 Å². The molecule has 6 nitrogen and oxygen atoms in total. The van der Waals surface area contributed by atoms with E-state index in [2.05, 4.69) is 191 Å². The molecule has 0 N–H and O–H groups in total. The van der Waals surface area contributed by atoms with E-state index in [1.807, 2.05) is 0 Å². The summed E-state index contributed by atoms with van der Waals surface area (Å²) < 4.78 is 16.9. The number of rotatable bonds is 56. The molecule has 0 heterocycles. The van der Waals surface area contributed by atoms with Crippen molar-refractivity contribution in [3.8, 4) is 0 Å². The SMILES string of the molecule is CC/C=C\C/C=C\C/C=C\C/C=C\C/C=C\C/C=C\C/C=C\CCCCCCCCCC(=O)OCC(COC(=O)CCCCCCC/C=C\C/C=C\CCCC)OC(=O)CCCCC/C=C\C/C=C\C/C=C\C/C=C\C/C=C\CC. The fourth-order valence-corrected chi connectivity index (χ4v) is 8.17. The second-order valence-corrected chi connectivity index (χ2v) is 20.5. The molecule has 0 aliphatic heterocycles. The van der Waals surface area contributed by atoms with Crippen molar-refractivity contribution in [3.05, 3.63) is 170 Å². The molecular weight excluding hydrogens is 985 g/mol. The van der Waals surface area contributed by atoms with Crippen LogP contribution in [-0.2, 0) is 28.6 Å². The molecule has 80 heavy (non-hydrogen) atoms. The summed E-state index contributed by atoms with van der Waals surface area (Å²) in [5.74, 6) is -0.971. The Hall–Kier alpha value is -5.23. The minimum absolute atomic E-state index is 0.110. The van der Waals surface area contributed by atoms with Crippen LogP contribution in [-0.4, -0.2) is 37.2 Å². The normalized spacial score (nSPS) is 13.3. The maximum absolute atomic E-state index is 12.9. The largest absolute Gasteiger partial charge is 0.462 e. The fraction of sp³-hybridized carbons (Fsp3) is 0.581. The van der Waals surface area contributed by atoms with Gasteiger partial charge in [0.15, 0.2) is 6.10 Å². The van der Waals surface area contributed by atoms with Crippen LogP contribution >= 0.6 is 0 Å². The lowest BCUT2D eigenvalue weighted by molar-refractivity contribution is -0.167. The lowest BCUT2D eigenvalue weighted by Gasteiger charge is -2.18. The lowest BCUT2D eigenvalue weighted by Crippen LogP contribution is -2.30. The van der Waals surface area contributed by atoms with Gasteiger partial charge in [-0.1, -0.05) is 262 Å². The first-order valence-corrected chi connectivity index (χ1v) is 32.1. The number of allylic oxidation sites excluding steroid dienone is 28. The van der Waals surface area contributed by atoms with E-state index in [0.717, 1.165) is 167 Å². The molecule has 1 atom stereocenters. The van der Waals surface area contributed by atoms with Crippen LogP contribution in [0.3, 0.4) is 0 Å². The Morgan fingerprint density at radius 3 is 0.775 bits per heavy atom. The number of carbonyl (C=O) groups is 3. The van der Waals surface area contributed by atoms with Crippen molar-refractivity contribution in [1.82, 2.24) is 0 Å². The number of carbonyl (C=O) groups excluding carboxylic acids is 3. The van der Waals surface area contributed by atoms with Crippen molar-refractivity contribution in [2.24, 2.45) is 0 Å². The third-order valence-electron chi connectivity index (χ3n) is 12.9. The van der Waals surface area contributed by atoms with Crippen LogP contribution in [0.5, 0.6) is 0 Å². The molecule has 0 spiro atoms. The Balaban J connectivity index is 4.44. The molecule has 0 aromatic heterocycles. The van der Waals surface area contributed by atoms with Crippen molar-refractivity contribution in [2.75, 3.05) is 13.2 Å². The Bertz CT molecular complexity index is 1840. The molecule has 0 saturated carbocycles. The summed E-state index contributed by atoms with van der Waals surface area (Å²) in [4.78, 5) is 38.3. The van der Waals surface area contributed by atoms with Gasteiger partial charge in [0.05, 0.1) is 0 Å². The Morgan fingerprint density at radius 1 is 0.263 bits per heavy atom. The highest BCUT2D eigenvalue weighted by molar-refractivity contribution is 5.71. The Kier molecular flexibility index (Phi) is 61.9. The van der Waals surface area contributed by atoms with E-state index < -0.39 is 6.10 Å². The molecule has 0 radical (unpaired) electrons. The lowest BCUT2D eigenvalue weighted by atomic mass is 10.1. The molecule has 0 aromatic rings. The molecular formula is C74H116O6. The second kappa shape index (κ2) is 66.3. The smallest absolute Gasteiger partial charge is 0.306 e. The summed E-state index contributed by atoms with van der Waals surface area (Å²) >= 11 is 0. The van der Waals surface area contributed by atoms with Gasteiger partial charge in [-0.3, -0.25) is 14.4 Å². The van der Waals surface area contributed by atoms with Crippen LogP contribution in [0.2, 0.25) is 0 Å². The van der Waals surface area contributed by atoms with Gasteiger partial charge in [0.2, 0.25) is 0 Å². The molecule has 0 aliphatic rings. The van der Waals surface area contributed by atoms with Crippen LogP contribution < -0.4 is 0 Å². The van der Waals surface area contributed by atoms with E-state index in [1.54, 1.807) is 0 Å². The van der Waals surface area contributed by atoms with Gasteiger partial charge >= 0.3 is 17.9 Å². The first-order chi connectivity index (χ1) is 39.5. The minimum Gasteiger partial charge on any atom is -0.462 e. The molecule has 0 amide bonds. The Morgan fingerprint density at radius 2 is 0.487 bits per heavy atom. The van der Waals surface area contributed by atoms with Crippen LogP contribution in [0, 0.1) is 0 Å². The third kappa shape index (κ3) is 63.6. The Labute approximate surface area is 492 Å². The highest BCUT2D eigenvalue weighted by Gasteiger charge is 2.19. The second-order valence-electron chi connectivity index (χ2n) is 20.5. The van der Waals surface area contributed by atoms with Gasteiger partial charge in [0, 0.05) is 19.3 Å². The van der Waals surface area contributed by atoms with E-state index in [0.29, 0.717) is 19.3 Å². The number of esters is 3. The van der Waals surface area contributed by atoms with Gasteiger partial charge in [0.1, 0.15) is 13.2 Å². The number of unbranched alkanes of at least 4 members (excludes halogenated alkanes) is 17. The summed E-state index contributed by atoms with van der Waals surface area (Å²) in [6.07, 6.45) is 97.8. The minimum atomic E-state index is -0.817. The maximum atomic E-state index is 12.9. The van der Waals surface area contributed by atoms with Crippen molar-refractivity contribution in [3.63, 3.8) is 0 Å². The van der Waals surface area contributed by atoms with Crippen molar-refractivity contribution in [1.29, 1.82) is 0 Å². The van der Waals surface area contributed by atoms with Gasteiger partial charge in [-0.2, -0.15) is 0 Å². The van der Waals surface area contributed by atoms with Gasteiger partial charge in [0.25, 0.3) is 0 Å². The number of hydrogen-bond acceptors (Lipinski definition) is 6. The summed E-state index contributed by atoms with van der Waals surface area (Å²) in [7, 11) is 0. The molecule has 0 bridgehead atoms. The average molecular weight is 1100 g/mol. The van der Waals surface area contributed by atoms with E-state index in [1.165, 1.54) is 44.9 Å². The molecule has 0 aliphatic carbocycles. The van der Waals surface area contributed by atoms with Crippen LogP contribution in [0.25, 0.3) is 0 Å². The number of ether oxygens (including phenoxy) is 3. The third-order valence-corrected chi connectivity index (χ3v) is 12.9. The van der Waals surface area contributed by atoms with E-state index >= 15 is 0 Å². The van der Waals surface area contributed by atoms with Gasteiger partial charge in [-0.25, -0.2) is 0 Å². The fourth-order valence-electron chi connectivity index (χ4n) is 8.17. The molecule has 448 valence electrons. The quantitative estimate of drug-likeness (QED) is 0.0261. The van der Waals surface area contributed by atoms with E-state index in [9.17, 15) is 14.4 Å². The number of hydrogen-bond donors (Lipinski definition) is 0. The highest BCUT2D eigenvalue weighted by atomic mass is 16.6. The molecule has 0 rings (SSSR count). The zero-order chi connectivity index (χ0) is 57.8. The summed E-state index contributed by atoms with van der Waals surface area (Å²) in [6.45, 7) is 6.31. The topological polar surface area (TPSA) is 78.9 Å². The summed E-state index contributed by atoms with van der Waals surface area (Å²) in [5.41, 5.74) is 0. The maximum Gasteiger partial charge on any atom is 0.306 e. The van der Waals surface area contributed by atoms with E-state index in [-0.39, 0.29) is 37.5 Å². The monoisotopic (exact) mass is 1100 g/mol. The highest BCUT2D eigenvalue weighted by Crippen LogP contribution is 2.14. The average Bonchev–Trinajstić information content (AvgIpc) is 3.46. The zero-order valence-corrected chi connectivity index (χ0v) is 51.3. The van der Waals surface area contributed by atoms with Crippen LogP contribution in [0.4, 0.5) is 0 Å². The predicted octanol–water partition coefficient (Wildman–Crippen LogP) is 22.3. The molecule has 0 saturated heterocycles. The van der Waals surface area contributed by atoms with Crippen LogP contribution in [0.1, 0.15) is 258 Å². The van der Waals surface area contributed by atoms with Gasteiger partial charge in [-0.05, 0) is 148 Å². The summed E-state index contributed by atoms with van der Waals surface area (Å²) in [6, 6.07) is 0. The standard InChI is InChI=1S/C74H116O6/c1-4-7-10-13-16-19-22-25-28-30-32-33-34-35-36-37-38-39-40-41-43-44-46-49-52-55-58-61-64-67-73(76)79-70-71(69-78-72(75)66-63-60-57-54-51-48-27-24-21-18-15-12-9-6-3)80-74(77)68-65-62-59-56-53-50-47-45-42-31-29-26-23-20-17-14-11-8-5-2/h7-8,10-11,15-20,24-29,32-33,35-36,38-39,41-43,45,50,53,71H,4-6,9,12-14,21-23,30-31,34,37,40,44,46-49,51-52,54-70H2,1-3H3/b10-7-,11-8-,18-15-,19-16-,20-17-,27-24-,28-25-,29-26-,33-32-,36-35-,39-38-,43-41-,45-42-,53-50-. The summed E-state index contributed by atoms with van der Waals surface area (Å²) in [5, 5.41) is 0. The predicted molar refractivity (Wildman–Crippen MR) is 348 cm³/mol.